The predicted molar refractivity (Wildman–Crippen MR) is 87.1 cm³/mol. The fraction of sp³-hybridized carbons (Fsp3) is 0.211. The van der Waals surface area contributed by atoms with Crippen LogP contribution < -0.4 is 0 Å². The van der Waals surface area contributed by atoms with Gasteiger partial charge >= 0.3 is 0 Å². The number of nitrogens with zero attached hydrogens (tertiary/aromatic N) is 2. The van der Waals surface area contributed by atoms with E-state index in [0.29, 0.717) is 11.5 Å². The molecule has 0 saturated carbocycles. The monoisotopic (exact) mass is 312 g/mol. The number of rotatable bonds is 5. The molecule has 3 aromatic rings. The van der Waals surface area contributed by atoms with Gasteiger partial charge in [0.05, 0.1) is 6.33 Å². The van der Waals surface area contributed by atoms with E-state index in [4.69, 9.17) is 0 Å². The smallest absolute Gasteiger partial charge is 0.133 e. The molecule has 2 aromatic carbocycles. The summed E-state index contributed by atoms with van der Waals surface area (Å²) < 4.78 is 28.9. The quantitative estimate of drug-likeness (QED) is 0.646. The van der Waals surface area contributed by atoms with Gasteiger partial charge in [-0.25, -0.2) is 13.8 Å². The van der Waals surface area contributed by atoms with Crippen molar-refractivity contribution in [3.8, 4) is 11.1 Å². The van der Waals surface area contributed by atoms with Gasteiger partial charge in [-0.05, 0) is 35.6 Å². The summed E-state index contributed by atoms with van der Waals surface area (Å²) in [5.74, 6) is -0.702. The summed E-state index contributed by atoms with van der Waals surface area (Å²) in [4.78, 5) is 4.03. The molecule has 0 aliphatic heterocycles. The van der Waals surface area contributed by atoms with Crippen molar-refractivity contribution in [1.29, 1.82) is 0 Å². The van der Waals surface area contributed by atoms with Crippen molar-refractivity contribution < 1.29 is 8.78 Å². The topological polar surface area (TPSA) is 17.8 Å². The van der Waals surface area contributed by atoms with Crippen LogP contribution in [-0.4, -0.2) is 9.55 Å². The number of benzene rings is 2. The molecule has 118 valence electrons. The van der Waals surface area contributed by atoms with Crippen molar-refractivity contribution in [2.24, 2.45) is 0 Å². The number of aromatic nitrogens is 2. The zero-order chi connectivity index (χ0) is 16.2. The predicted octanol–water partition coefficient (Wildman–Crippen LogP) is 5.02. The second kappa shape index (κ2) is 6.73. The molecule has 0 bridgehead atoms. The fourth-order valence-electron chi connectivity index (χ4n) is 2.64. The van der Waals surface area contributed by atoms with Crippen LogP contribution in [0.1, 0.15) is 24.8 Å². The Balaban J connectivity index is 1.71. The first-order valence-corrected chi connectivity index (χ1v) is 7.64. The first-order valence-electron chi connectivity index (χ1n) is 7.64. The van der Waals surface area contributed by atoms with Crippen LogP contribution >= 0.6 is 0 Å². The van der Waals surface area contributed by atoms with Gasteiger partial charge in [0.15, 0.2) is 0 Å². The van der Waals surface area contributed by atoms with Gasteiger partial charge in [-0.2, -0.15) is 0 Å². The van der Waals surface area contributed by atoms with Gasteiger partial charge in [0, 0.05) is 30.6 Å². The maximum Gasteiger partial charge on any atom is 0.133 e. The highest BCUT2D eigenvalue weighted by Crippen LogP contribution is 2.26. The number of aryl methyl sites for hydroxylation is 1. The maximum atomic E-state index is 13.8. The molecule has 1 heterocycles. The zero-order valence-corrected chi connectivity index (χ0v) is 12.9. The number of hydrogen-bond acceptors (Lipinski definition) is 1. The Kier molecular flexibility index (Phi) is 4.51. The highest BCUT2D eigenvalue weighted by molar-refractivity contribution is 5.64. The molecule has 0 fully saturated rings. The van der Waals surface area contributed by atoms with Gasteiger partial charge in [-0.3, -0.25) is 0 Å². The highest BCUT2D eigenvalue weighted by Gasteiger charge is 2.09. The summed E-state index contributed by atoms with van der Waals surface area (Å²) in [6.45, 7) is 3.08. The van der Waals surface area contributed by atoms with Crippen LogP contribution in [-0.2, 0) is 6.54 Å². The number of halogens is 2. The molecule has 1 aromatic heterocycles. The average Bonchev–Trinajstić information content (AvgIpc) is 3.06. The molecule has 0 spiro atoms. The van der Waals surface area contributed by atoms with E-state index < -0.39 is 11.6 Å². The number of hydrogen-bond donors (Lipinski definition) is 0. The van der Waals surface area contributed by atoms with Crippen LogP contribution in [0.5, 0.6) is 0 Å². The summed E-state index contributed by atoms with van der Waals surface area (Å²) in [7, 11) is 0. The molecule has 4 heteroatoms. The van der Waals surface area contributed by atoms with E-state index in [0.717, 1.165) is 24.6 Å². The fourth-order valence-corrected chi connectivity index (χ4v) is 2.64. The Labute approximate surface area is 134 Å². The summed E-state index contributed by atoms with van der Waals surface area (Å²) in [6, 6.07) is 11.5. The molecule has 1 atom stereocenters. The molecule has 0 saturated heterocycles. The summed E-state index contributed by atoms with van der Waals surface area (Å²) in [5, 5.41) is 0. The van der Waals surface area contributed by atoms with Gasteiger partial charge in [-0.1, -0.05) is 31.2 Å². The second-order valence-corrected chi connectivity index (χ2v) is 5.74. The molecule has 0 aliphatic carbocycles. The van der Waals surface area contributed by atoms with E-state index in [9.17, 15) is 8.78 Å². The van der Waals surface area contributed by atoms with Crippen LogP contribution in [0, 0.1) is 11.6 Å². The maximum absolute atomic E-state index is 13.8. The minimum absolute atomic E-state index is 0.393. The van der Waals surface area contributed by atoms with Crippen molar-refractivity contribution in [2.45, 2.75) is 25.8 Å². The van der Waals surface area contributed by atoms with Gasteiger partial charge in [0.2, 0.25) is 0 Å². The lowest BCUT2D eigenvalue weighted by Gasteiger charge is -2.13. The van der Waals surface area contributed by atoms with Gasteiger partial charge in [-0.15, -0.1) is 0 Å². The Morgan fingerprint density at radius 1 is 1.09 bits per heavy atom. The van der Waals surface area contributed by atoms with Crippen LogP contribution in [0.15, 0.2) is 61.2 Å². The second-order valence-electron chi connectivity index (χ2n) is 5.74. The zero-order valence-electron chi connectivity index (χ0n) is 12.9. The van der Waals surface area contributed by atoms with Crippen LogP contribution in [0.25, 0.3) is 11.1 Å². The van der Waals surface area contributed by atoms with E-state index in [1.54, 1.807) is 6.20 Å². The van der Waals surface area contributed by atoms with Crippen molar-refractivity contribution in [3.05, 3.63) is 78.4 Å². The average molecular weight is 312 g/mol. The summed E-state index contributed by atoms with van der Waals surface area (Å²) >= 11 is 0. The van der Waals surface area contributed by atoms with Crippen molar-refractivity contribution in [2.75, 3.05) is 0 Å². The Bertz CT molecular complexity index is 765. The van der Waals surface area contributed by atoms with Crippen LogP contribution in [0.3, 0.4) is 0 Å². The van der Waals surface area contributed by atoms with E-state index in [-0.39, 0.29) is 0 Å². The first-order chi connectivity index (χ1) is 11.1. The van der Waals surface area contributed by atoms with Crippen molar-refractivity contribution >= 4 is 0 Å². The third-order valence-corrected chi connectivity index (χ3v) is 4.10. The van der Waals surface area contributed by atoms with Crippen LogP contribution in [0.2, 0.25) is 0 Å². The minimum atomic E-state index is -0.559. The standard InChI is InChI=1S/C19H18F2N2/c1-14(8-10-23-11-9-22-13-23)15-2-4-16(5-3-15)18-7-6-17(20)12-19(18)21/h2-7,9,11-14H,8,10H2,1H3. The molecular formula is C19H18F2N2. The highest BCUT2D eigenvalue weighted by atomic mass is 19.1. The van der Waals surface area contributed by atoms with E-state index >= 15 is 0 Å². The van der Waals surface area contributed by atoms with E-state index in [2.05, 4.69) is 16.5 Å². The molecule has 1 unspecified atom stereocenters. The molecule has 0 N–H and O–H groups in total. The number of imidazole rings is 1. The van der Waals surface area contributed by atoms with Crippen LogP contribution in [0.4, 0.5) is 8.78 Å². The third kappa shape index (κ3) is 3.65. The largest absolute Gasteiger partial charge is 0.337 e. The SMILES string of the molecule is CC(CCn1ccnc1)c1ccc(-c2ccc(F)cc2F)cc1. The third-order valence-electron chi connectivity index (χ3n) is 4.10. The van der Waals surface area contributed by atoms with E-state index in [1.807, 2.05) is 36.8 Å². The molecule has 23 heavy (non-hydrogen) atoms. The lowest BCUT2D eigenvalue weighted by Crippen LogP contribution is -2.01. The Morgan fingerprint density at radius 3 is 2.52 bits per heavy atom. The normalized spacial score (nSPS) is 12.3. The summed E-state index contributed by atoms with van der Waals surface area (Å²) in [6.07, 6.45) is 6.54. The molecule has 3 rings (SSSR count). The van der Waals surface area contributed by atoms with Gasteiger partial charge < -0.3 is 4.57 Å². The molecular weight excluding hydrogens is 294 g/mol. The molecule has 0 radical (unpaired) electrons. The van der Waals surface area contributed by atoms with Crippen molar-refractivity contribution in [1.82, 2.24) is 9.55 Å². The molecule has 2 nitrogen and oxygen atoms in total. The molecule has 0 aliphatic rings. The van der Waals surface area contributed by atoms with Gasteiger partial charge in [0.1, 0.15) is 11.6 Å². The summed E-state index contributed by atoms with van der Waals surface area (Å²) in [5.41, 5.74) is 2.38. The molecule has 0 amide bonds. The van der Waals surface area contributed by atoms with Crippen molar-refractivity contribution in [3.63, 3.8) is 0 Å². The first kappa shape index (κ1) is 15.4. The van der Waals surface area contributed by atoms with Gasteiger partial charge in [0.25, 0.3) is 0 Å². The lowest BCUT2D eigenvalue weighted by atomic mass is 9.95. The lowest BCUT2D eigenvalue weighted by molar-refractivity contribution is 0.576. The Morgan fingerprint density at radius 2 is 1.87 bits per heavy atom. The Hall–Kier alpha value is -2.49. The minimum Gasteiger partial charge on any atom is -0.337 e. The van der Waals surface area contributed by atoms with E-state index in [1.165, 1.54) is 17.7 Å².